The second-order valence-electron chi connectivity index (χ2n) is 8.06. The second kappa shape index (κ2) is 4.22. The third-order valence-corrected chi connectivity index (χ3v) is 6.62. The van der Waals surface area contributed by atoms with Gasteiger partial charge in [0.25, 0.3) is 0 Å². The zero-order valence-corrected chi connectivity index (χ0v) is 15.5. The van der Waals surface area contributed by atoms with Crippen LogP contribution in [0.1, 0.15) is 22.5 Å². The fourth-order valence-corrected chi connectivity index (χ4v) is 5.76. The summed E-state index contributed by atoms with van der Waals surface area (Å²) in [5.41, 5.74) is 7.91. The van der Waals surface area contributed by atoms with E-state index in [2.05, 4.69) is 93.1 Å². The van der Waals surface area contributed by atoms with Crippen molar-refractivity contribution in [2.45, 2.75) is 19.8 Å². The van der Waals surface area contributed by atoms with Crippen molar-refractivity contribution in [3.8, 4) is 0 Å². The number of aromatic nitrogens is 2. The lowest BCUT2D eigenvalue weighted by atomic mass is 10.1. The highest BCUT2D eigenvalue weighted by molar-refractivity contribution is 6.00. The molecule has 0 amide bonds. The molecule has 2 aromatic heterocycles. The van der Waals surface area contributed by atoms with Crippen LogP contribution in [0.5, 0.6) is 0 Å². The zero-order valence-electron chi connectivity index (χ0n) is 15.5. The molecule has 27 heavy (non-hydrogen) atoms. The van der Waals surface area contributed by atoms with Crippen molar-refractivity contribution in [3.05, 3.63) is 71.0 Å². The maximum Gasteiger partial charge on any atom is 0.541 e. The Bertz CT molecular complexity index is 1290. The Balaban J connectivity index is 1.76. The normalized spacial score (nSPS) is 18.4. The van der Waals surface area contributed by atoms with Crippen molar-refractivity contribution in [1.82, 2.24) is 9.13 Å². The molecule has 2 aromatic carbocycles. The summed E-state index contributed by atoms with van der Waals surface area (Å²) >= 11 is 0. The van der Waals surface area contributed by atoms with E-state index in [4.69, 9.17) is 0 Å². The molecule has 0 aliphatic carbocycles. The van der Waals surface area contributed by atoms with Gasteiger partial charge in [-0.1, -0.05) is 24.3 Å². The van der Waals surface area contributed by atoms with Crippen LogP contribution in [-0.4, -0.2) is 43.8 Å². The van der Waals surface area contributed by atoms with Gasteiger partial charge in [-0.25, -0.2) is 9.13 Å². The lowest BCUT2D eigenvalue weighted by Crippen LogP contribution is -2.57. The van der Waals surface area contributed by atoms with Crippen LogP contribution in [0.2, 0.25) is 0 Å². The Morgan fingerprint density at radius 3 is 1.70 bits per heavy atom. The molecule has 4 heteroatoms. The van der Waals surface area contributed by atoms with Gasteiger partial charge in [-0.3, -0.25) is 0 Å². The molecule has 4 nitrogen and oxygen atoms in total. The molecular weight excluding hydrogens is 332 g/mol. The third-order valence-electron chi connectivity index (χ3n) is 6.62. The summed E-state index contributed by atoms with van der Waals surface area (Å²) < 4.78 is 10.2. The Morgan fingerprint density at radius 1 is 0.741 bits per heavy atom. The van der Waals surface area contributed by atoms with Gasteiger partial charge in [-0.2, -0.15) is 0 Å². The van der Waals surface area contributed by atoms with Gasteiger partial charge in [0.15, 0.2) is 12.4 Å². The molecule has 1 spiro atoms. The predicted octanol–water partition coefficient (Wildman–Crippen LogP) is 3.23. The molecule has 0 unspecified atom stereocenters. The summed E-state index contributed by atoms with van der Waals surface area (Å²) in [4.78, 5) is 0. The summed E-state index contributed by atoms with van der Waals surface area (Å²) in [5.74, 6) is -0.361. The van der Waals surface area contributed by atoms with Gasteiger partial charge in [0.1, 0.15) is 0 Å². The van der Waals surface area contributed by atoms with Crippen LogP contribution >= 0.6 is 0 Å². The number of aryl methyl sites for hydroxylation is 2. The monoisotopic (exact) mass is 352 g/mol. The van der Waals surface area contributed by atoms with E-state index in [1.54, 1.807) is 0 Å². The Kier molecular flexibility index (Phi) is 2.19. The van der Waals surface area contributed by atoms with Crippen LogP contribution in [0.25, 0.3) is 21.8 Å². The van der Waals surface area contributed by atoms with Crippen molar-refractivity contribution in [1.29, 1.82) is 0 Å². The minimum absolute atomic E-state index is 0.361. The van der Waals surface area contributed by atoms with E-state index in [0.717, 1.165) is 13.1 Å². The molecule has 5 heterocycles. The molecule has 1 fully saturated rings. The fourth-order valence-electron chi connectivity index (χ4n) is 5.76. The van der Waals surface area contributed by atoms with Crippen LogP contribution in [0, 0.1) is 13.8 Å². The summed E-state index contributed by atoms with van der Waals surface area (Å²) in [5, 5.41) is 2.64. The zero-order chi connectivity index (χ0) is 17.9. The highest BCUT2D eigenvalue weighted by Crippen LogP contribution is 2.42. The minimum Gasteiger partial charge on any atom is -0.203 e. The smallest absolute Gasteiger partial charge is 0.203 e. The van der Waals surface area contributed by atoms with Gasteiger partial charge < -0.3 is 0 Å². The largest absolute Gasteiger partial charge is 0.541 e. The summed E-state index contributed by atoms with van der Waals surface area (Å²) in [6.45, 7) is 6.51. The average molecular weight is 352 g/mol. The first-order valence-electron chi connectivity index (χ1n) is 9.66. The molecule has 0 atom stereocenters. The summed E-state index contributed by atoms with van der Waals surface area (Å²) in [6.07, 6.45) is 4.74. The van der Waals surface area contributed by atoms with Crippen LogP contribution in [0.15, 0.2) is 48.5 Å². The SMILES string of the molecule is Cc1cc2cccc3c2n1C12n4c(C)cc5cccc(c54)C=[N+]1CC[N+]2=C3. The molecule has 3 aliphatic rings. The maximum atomic E-state index is 2.56. The number of rotatable bonds is 0. The predicted molar refractivity (Wildman–Crippen MR) is 107 cm³/mol. The van der Waals surface area contributed by atoms with E-state index in [0.29, 0.717) is 0 Å². The van der Waals surface area contributed by atoms with E-state index in [1.807, 2.05) is 0 Å². The van der Waals surface area contributed by atoms with Gasteiger partial charge in [-0.05, 0) is 38.1 Å². The van der Waals surface area contributed by atoms with Crippen molar-refractivity contribution < 1.29 is 9.15 Å². The minimum atomic E-state index is -0.361. The molecule has 0 radical (unpaired) electrons. The second-order valence-corrected chi connectivity index (χ2v) is 8.06. The van der Waals surface area contributed by atoms with Gasteiger partial charge in [0, 0.05) is 22.2 Å². The highest BCUT2D eigenvalue weighted by atomic mass is 15.6. The van der Waals surface area contributed by atoms with E-state index in [-0.39, 0.29) is 5.91 Å². The van der Waals surface area contributed by atoms with Crippen molar-refractivity contribution in [2.75, 3.05) is 13.1 Å². The molecule has 0 bridgehead atoms. The fraction of sp³-hybridized carbons (Fsp3) is 0.217. The van der Waals surface area contributed by atoms with Crippen molar-refractivity contribution in [2.24, 2.45) is 0 Å². The van der Waals surface area contributed by atoms with Gasteiger partial charge >= 0.3 is 5.91 Å². The van der Waals surface area contributed by atoms with E-state index in [9.17, 15) is 0 Å². The van der Waals surface area contributed by atoms with E-state index in [1.165, 1.54) is 44.3 Å². The first-order chi connectivity index (χ1) is 13.2. The first-order valence-corrected chi connectivity index (χ1v) is 9.66. The first kappa shape index (κ1) is 14.0. The maximum absolute atomic E-state index is 2.56. The van der Waals surface area contributed by atoms with Crippen LogP contribution in [0.3, 0.4) is 0 Å². The Labute approximate surface area is 156 Å². The van der Waals surface area contributed by atoms with Gasteiger partial charge in [0.2, 0.25) is 13.1 Å². The average Bonchev–Trinajstić information content (AvgIpc) is 3.30. The van der Waals surface area contributed by atoms with Crippen molar-refractivity contribution in [3.63, 3.8) is 0 Å². The van der Waals surface area contributed by atoms with Gasteiger partial charge in [0.05, 0.1) is 22.2 Å². The summed E-state index contributed by atoms with van der Waals surface area (Å²) in [7, 11) is 0. The van der Waals surface area contributed by atoms with Crippen LogP contribution in [-0.2, 0) is 5.91 Å². The molecule has 4 aromatic rings. The third kappa shape index (κ3) is 1.35. The number of para-hydroxylation sites is 2. The van der Waals surface area contributed by atoms with Gasteiger partial charge in [-0.15, -0.1) is 9.15 Å². The molecular formula is C23H20N4+2. The number of hydrogen-bond acceptors (Lipinski definition) is 0. The number of nitrogens with zero attached hydrogens (tertiary/aromatic N) is 4. The molecule has 1 saturated heterocycles. The lowest BCUT2D eigenvalue weighted by Gasteiger charge is -2.31. The molecule has 130 valence electrons. The standard InChI is InChI=1S/C23H20N4/c1-15-11-17-5-3-7-19-13-24-9-10-25-14-20-8-4-6-18-12-16(2)27(22(18)20)23(24,25)26(15)21(17)19/h3-8,11-14H,9-10H2,1-2H3/q+2. The molecule has 7 rings (SSSR count). The molecule has 3 aliphatic heterocycles. The van der Waals surface area contributed by atoms with E-state index >= 15 is 0 Å². The summed E-state index contributed by atoms with van der Waals surface area (Å²) in [6, 6.07) is 18.0. The van der Waals surface area contributed by atoms with Crippen LogP contribution < -0.4 is 0 Å². The topological polar surface area (TPSA) is 15.9 Å². The molecule has 0 saturated carbocycles. The highest BCUT2D eigenvalue weighted by Gasteiger charge is 2.66. The lowest BCUT2D eigenvalue weighted by molar-refractivity contribution is -0.806. The number of benzene rings is 2. The number of hydrogen-bond donors (Lipinski definition) is 0. The van der Waals surface area contributed by atoms with Crippen LogP contribution in [0.4, 0.5) is 0 Å². The molecule has 0 N–H and O–H groups in total. The Hall–Kier alpha value is -3.14. The van der Waals surface area contributed by atoms with E-state index < -0.39 is 0 Å². The Morgan fingerprint density at radius 2 is 1.22 bits per heavy atom. The quantitative estimate of drug-likeness (QED) is 0.432. The van der Waals surface area contributed by atoms with Crippen molar-refractivity contribution >= 4 is 34.2 Å².